The van der Waals surface area contributed by atoms with Gasteiger partial charge in [0, 0.05) is 12.6 Å². The summed E-state index contributed by atoms with van der Waals surface area (Å²) in [4.78, 5) is 14.0. The van der Waals surface area contributed by atoms with Gasteiger partial charge in [0.2, 0.25) is 0 Å². The minimum atomic E-state index is -0.535. The van der Waals surface area contributed by atoms with Gasteiger partial charge in [-0.3, -0.25) is 0 Å². The number of rotatable bonds is 2. The van der Waals surface area contributed by atoms with Gasteiger partial charge in [-0.1, -0.05) is 6.07 Å². The van der Waals surface area contributed by atoms with Gasteiger partial charge in [0.15, 0.2) is 0 Å². The van der Waals surface area contributed by atoms with E-state index in [1.165, 1.54) is 6.07 Å². The highest BCUT2D eigenvalue weighted by Crippen LogP contribution is 2.25. The van der Waals surface area contributed by atoms with E-state index in [-0.39, 0.29) is 24.0 Å². The van der Waals surface area contributed by atoms with Gasteiger partial charge < -0.3 is 15.4 Å². The number of amides is 1. The predicted octanol–water partition coefficient (Wildman–Crippen LogP) is 3.47. The minimum Gasteiger partial charge on any atom is -0.444 e. The molecule has 0 bridgehead atoms. The third kappa shape index (κ3) is 4.20. The zero-order valence-corrected chi connectivity index (χ0v) is 14.7. The van der Waals surface area contributed by atoms with Crippen molar-refractivity contribution in [1.82, 2.24) is 4.90 Å². The van der Waals surface area contributed by atoms with Crippen LogP contribution in [0.5, 0.6) is 0 Å². The Labute approximate surface area is 138 Å². The van der Waals surface area contributed by atoms with Crippen LogP contribution < -0.4 is 5.73 Å². The molecule has 122 valence electrons. The van der Waals surface area contributed by atoms with Crippen LogP contribution >= 0.6 is 15.9 Å². The van der Waals surface area contributed by atoms with Crippen LogP contribution in [0.3, 0.4) is 0 Å². The van der Waals surface area contributed by atoms with Gasteiger partial charge >= 0.3 is 6.09 Å². The van der Waals surface area contributed by atoms with Gasteiger partial charge in [0.25, 0.3) is 0 Å². The molecule has 1 aliphatic heterocycles. The van der Waals surface area contributed by atoms with Gasteiger partial charge in [0.1, 0.15) is 11.4 Å². The third-order valence-corrected chi connectivity index (χ3v) is 4.26. The summed E-state index contributed by atoms with van der Waals surface area (Å²) in [6.07, 6.45) is 0.984. The average molecular weight is 373 g/mol. The molecular formula is C16H22BrFN2O2. The number of benzene rings is 1. The predicted molar refractivity (Wildman–Crippen MR) is 87.1 cm³/mol. The molecule has 1 aromatic carbocycles. The third-order valence-electron chi connectivity index (χ3n) is 3.65. The summed E-state index contributed by atoms with van der Waals surface area (Å²) in [5, 5.41) is 0. The van der Waals surface area contributed by atoms with E-state index in [4.69, 9.17) is 10.5 Å². The first-order valence-electron chi connectivity index (χ1n) is 7.36. The second kappa shape index (κ2) is 6.54. The molecule has 2 atom stereocenters. The molecular weight excluding hydrogens is 351 g/mol. The molecule has 1 aromatic rings. The largest absolute Gasteiger partial charge is 0.444 e. The van der Waals surface area contributed by atoms with Crippen molar-refractivity contribution in [3.63, 3.8) is 0 Å². The molecule has 22 heavy (non-hydrogen) atoms. The van der Waals surface area contributed by atoms with E-state index in [0.717, 1.165) is 12.0 Å². The fourth-order valence-electron chi connectivity index (χ4n) is 2.59. The molecule has 0 radical (unpaired) electrons. The number of carbonyl (C=O) groups is 1. The van der Waals surface area contributed by atoms with Crippen molar-refractivity contribution in [2.24, 2.45) is 5.73 Å². The van der Waals surface area contributed by atoms with Gasteiger partial charge in [-0.2, -0.15) is 0 Å². The highest BCUT2D eigenvalue weighted by atomic mass is 79.9. The van der Waals surface area contributed by atoms with Crippen LogP contribution in [0.4, 0.5) is 9.18 Å². The molecule has 0 aliphatic carbocycles. The summed E-state index contributed by atoms with van der Waals surface area (Å²) in [6.45, 7) is 6.11. The van der Waals surface area contributed by atoms with E-state index in [2.05, 4.69) is 15.9 Å². The second-order valence-corrected chi connectivity index (χ2v) is 7.50. The quantitative estimate of drug-likeness (QED) is 0.864. The zero-order chi connectivity index (χ0) is 16.5. The molecule has 0 aromatic heterocycles. The summed E-state index contributed by atoms with van der Waals surface area (Å²) in [5.74, 6) is -0.302. The summed E-state index contributed by atoms with van der Waals surface area (Å²) in [5.41, 5.74) is 6.55. The van der Waals surface area contributed by atoms with E-state index in [1.54, 1.807) is 17.0 Å². The molecule has 4 nitrogen and oxygen atoms in total. The van der Waals surface area contributed by atoms with Crippen molar-refractivity contribution in [2.45, 2.75) is 51.3 Å². The lowest BCUT2D eigenvalue weighted by molar-refractivity contribution is 0.0220. The number of halogens is 2. The second-order valence-electron chi connectivity index (χ2n) is 6.65. The maximum absolute atomic E-state index is 13.3. The van der Waals surface area contributed by atoms with Gasteiger partial charge in [-0.25, -0.2) is 9.18 Å². The Kier molecular flexibility index (Phi) is 5.12. The van der Waals surface area contributed by atoms with Crippen LogP contribution in [0.15, 0.2) is 22.7 Å². The van der Waals surface area contributed by atoms with Gasteiger partial charge in [0.05, 0.1) is 10.5 Å². The van der Waals surface area contributed by atoms with Crippen LogP contribution in [0.25, 0.3) is 0 Å². The number of ether oxygens (including phenoxy) is 1. The lowest BCUT2D eigenvalue weighted by Crippen LogP contribution is -2.46. The van der Waals surface area contributed by atoms with Crippen LogP contribution in [0.2, 0.25) is 0 Å². The van der Waals surface area contributed by atoms with Crippen LogP contribution in [-0.2, 0) is 11.2 Å². The lowest BCUT2D eigenvalue weighted by Gasteiger charge is -2.30. The molecule has 1 heterocycles. The highest BCUT2D eigenvalue weighted by Gasteiger charge is 2.37. The number of carbonyl (C=O) groups excluding carboxylic acids is 1. The Morgan fingerprint density at radius 1 is 1.50 bits per heavy atom. The fraction of sp³-hybridized carbons (Fsp3) is 0.562. The fourth-order valence-corrected chi connectivity index (χ4v) is 3.02. The van der Waals surface area contributed by atoms with Crippen molar-refractivity contribution in [3.05, 3.63) is 34.1 Å². The molecule has 6 heteroatoms. The molecule has 0 spiro atoms. The van der Waals surface area contributed by atoms with Crippen molar-refractivity contribution in [1.29, 1.82) is 0 Å². The molecule has 2 rings (SSSR count). The molecule has 1 saturated heterocycles. The number of hydrogen-bond acceptors (Lipinski definition) is 3. The standard InChI is InChI=1S/C16H22BrFN2O2/c1-16(2,3)22-15(21)20-7-6-13(19)14(20)9-10-4-5-12(18)11(17)8-10/h4-5,8,13-14H,6-7,9,19H2,1-3H3/t13-,14-/m1/s1. The smallest absolute Gasteiger partial charge is 0.410 e. The normalized spacial score (nSPS) is 22.0. The first kappa shape index (κ1) is 17.2. The summed E-state index contributed by atoms with van der Waals surface area (Å²) < 4.78 is 19.2. The monoisotopic (exact) mass is 372 g/mol. The average Bonchev–Trinajstić information content (AvgIpc) is 2.74. The van der Waals surface area contributed by atoms with Crippen molar-refractivity contribution in [2.75, 3.05) is 6.54 Å². The Balaban J connectivity index is 2.12. The number of hydrogen-bond donors (Lipinski definition) is 1. The Bertz CT molecular complexity index is 560. The van der Waals surface area contributed by atoms with E-state index < -0.39 is 5.60 Å². The van der Waals surface area contributed by atoms with Crippen molar-refractivity contribution < 1.29 is 13.9 Å². The SMILES string of the molecule is CC(C)(C)OC(=O)N1CC[C@@H](N)[C@H]1Cc1ccc(F)c(Br)c1. The number of nitrogens with two attached hydrogens (primary N) is 1. The van der Waals surface area contributed by atoms with Crippen LogP contribution in [0, 0.1) is 5.82 Å². The zero-order valence-electron chi connectivity index (χ0n) is 13.1. The topological polar surface area (TPSA) is 55.6 Å². The van der Waals surface area contributed by atoms with E-state index in [0.29, 0.717) is 17.4 Å². The minimum absolute atomic E-state index is 0.101. The Morgan fingerprint density at radius 2 is 2.18 bits per heavy atom. The van der Waals surface area contributed by atoms with E-state index in [1.807, 2.05) is 20.8 Å². The van der Waals surface area contributed by atoms with Gasteiger partial charge in [-0.15, -0.1) is 0 Å². The molecule has 1 fully saturated rings. The van der Waals surface area contributed by atoms with E-state index in [9.17, 15) is 9.18 Å². The first-order valence-corrected chi connectivity index (χ1v) is 8.16. The summed E-state index contributed by atoms with van der Waals surface area (Å²) >= 11 is 3.18. The van der Waals surface area contributed by atoms with E-state index >= 15 is 0 Å². The molecule has 0 unspecified atom stereocenters. The maximum atomic E-state index is 13.3. The Hall–Kier alpha value is -1.14. The highest BCUT2D eigenvalue weighted by molar-refractivity contribution is 9.10. The summed E-state index contributed by atoms with van der Waals surface area (Å²) in [7, 11) is 0. The maximum Gasteiger partial charge on any atom is 0.410 e. The van der Waals surface area contributed by atoms with Crippen LogP contribution in [0.1, 0.15) is 32.8 Å². The molecule has 0 saturated carbocycles. The van der Waals surface area contributed by atoms with Gasteiger partial charge in [-0.05, 0) is 67.2 Å². The first-order chi connectivity index (χ1) is 10.2. The summed E-state index contributed by atoms with van der Waals surface area (Å²) in [6, 6.07) is 4.63. The molecule has 2 N–H and O–H groups in total. The Morgan fingerprint density at radius 3 is 2.77 bits per heavy atom. The number of nitrogens with zero attached hydrogens (tertiary/aromatic N) is 1. The number of likely N-dealkylation sites (tertiary alicyclic amines) is 1. The molecule has 1 amide bonds. The lowest BCUT2D eigenvalue weighted by atomic mass is 10.0. The van der Waals surface area contributed by atoms with Crippen molar-refractivity contribution >= 4 is 22.0 Å². The molecule has 1 aliphatic rings. The van der Waals surface area contributed by atoms with Crippen molar-refractivity contribution in [3.8, 4) is 0 Å². The van der Waals surface area contributed by atoms with Crippen LogP contribution in [-0.4, -0.2) is 35.2 Å².